The van der Waals surface area contributed by atoms with Gasteiger partial charge in [0.05, 0.1) is 5.52 Å². The summed E-state index contributed by atoms with van der Waals surface area (Å²) in [4.78, 5) is 31.5. The Kier molecular flexibility index (Phi) is 8.83. The van der Waals surface area contributed by atoms with Crippen LogP contribution in [-0.4, -0.2) is 28.5 Å². The third kappa shape index (κ3) is 5.33. The van der Waals surface area contributed by atoms with Crippen LogP contribution in [0.3, 0.4) is 0 Å². The van der Waals surface area contributed by atoms with Crippen LogP contribution in [-0.2, 0) is 9.53 Å². The fourth-order valence-corrected chi connectivity index (χ4v) is 5.43. The molecule has 0 spiro atoms. The molecule has 0 bridgehead atoms. The second-order valence-electron chi connectivity index (χ2n) is 9.17. The average molecular weight is 515 g/mol. The topological polar surface area (TPSA) is 59.5 Å². The van der Waals surface area contributed by atoms with Gasteiger partial charge in [0.15, 0.2) is 0 Å². The van der Waals surface area contributed by atoms with Crippen molar-refractivity contribution in [1.82, 2.24) is 9.88 Å². The molecule has 1 aliphatic heterocycles. The molecule has 35 heavy (non-hydrogen) atoms. The van der Waals surface area contributed by atoms with E-state index in [-0.39, 0.29) is 63.2 Å². The van der Waals surface area contributed by atoms with Crippen molar-refractivity contribution in [2.75, 3.05) is 6.61 Å². The molecule has 0 unspecified atom stereocenters. The predicted octanol–water partition coefficient (Wildman–Crippen LogP) is 6.23. The minimum absolute atomic E-state index is 0. The number of imide groups is 1. The van der Waals surface area contributed by atoms with Gasteiger partial charge >= 0.3 is 6.09 Å². The maximum atomic E-state index is 13.9. The van der Waals surface area contributed by atoms with Gasteiger partial charge in [0.1, 0.15) is 18.5 Å². The van der Waals surface area contributed by atoms with Crippen molar-refractivity contribution in [2.45, 2.75) is 44.6 Å². The van der Waals surface area contributed by atoms with Crippen molar-refractivity contribution in [3.63, 3.8) is 0 Å². The highest BCUT2D eigenvalue weighted by Crippen LogP contribution is 2.42. The number of rotatable bonds is 4. The first-order chi connectivity index (χ1) is 16.0. The van der Waals surface area contributed by atoms with E-state index in [1.165, 1.54) is 11.0 Å². The Morgan fingerprint density at radius 2 is 1.77 bits per heavy atom. The molecule has 2 amide bonds. The zero-order valence-corrected chi connectivity index (χ0v) is 21.6. The number of carbonyl (C=O) groups excluding carboxylic acids is 2. The highest BCUT2D eigenvalue weighted by Gasteiger charge is 2.42. The fraction of sp³-hybridized carbons (Fsp3) is 0.370. The van der Waals surface area contributed by atoms with Crippen LogP contribution in [0.1, 0.15) is 55.7 Å². The van der Waals surface area contributed by atoms with Crippen LogP contribution in [0.25, 0.3) is 10.9 Å². The van der Waals surface area contributed by atoms with Crippen LogP contribution in [0.2, 0.25) is 0 Å². The van der Waals surface area contributed by atoms with Gasteiger partial charge < -0.3 is 4.74 Å². The molecule has 2 fully saturated rings. The van der Waals surface area contributed by atoms with Crippen molar-refractivity contribution in [3.8, 4) is 0 Å². The van der Waals surface area contributed by atoms with Gasteiger partial charge in [-0.05, 0) is 72.9 Å². The van der Waals surface area contributed by atoms with E-state index < -0.39 is 6.09 Å². The minimum Gasteiger partial charge on any atom is -0.446 e. The van der Waals surface area contributed by atoms with Crippen molar-refractivity contribution < 1.29 is 18.7 Å². The summed E-state index contributed by atoms with van der Waals surface area (Å²) in [6.45, 7) is 2.12. The summed E-state index contributed by atoms with van der Waals surface area (Å²) in [5.41, 5.74) is 2.84. The average Bonchev–Trinajstić information content (AvgIpc) is 3.24. The smallest absolute Gasteiger partial charge is 0.417 e. The molecule has 1 saturated heterocycles. The van der Waals surface area contributed by atoms with E-state index in [4.69, 9.17) is 4.74 Å². The second-order valence-corrected chi connectivity index (χ2v) is 9.17. The summed E-state index contributed by atoms with van der Waals surface area (Å²) in [7, 11) is 0. The lowest BCUT2D eigenvalue weighted by molar-refractivity contribution is -0.135. The number of ether oxygens (including phenoxy) is 1. The number of halogens is 1. The van der Waals surface area contributed by atoms with Gasteiger partial charge in [0, 0.05) is 17.5 Å². The molecule has 2 aromatic carbocycles. The molecule has 186 valence electrons. The van der Waals surface area contributed by atoms with Crippen LogP contribution >= 0.6 is 27.0 Å². The maximum absolute atomic E-state index is 13.9. The summed E-state index contributed by atoms with van der Waals surface area (Å²) in [6.07, 6.45) is 4.84. The molecular formula is C27H31FN2O3S2. The molecule has 5 nitrogen and oxygen atoms in total. The van der Waals surface area contributed by atoms with Crippen LogP contribution in [0.4, 0.5) is 9.18 Å². The van der Waals surface area contributed by atoms with Gasteiger partial charge in [0.25, 0.3) is 0 Å². The predicted molar refractivity (Wildman–Crippen MR) is 144 cm³/mol. The Morgan fingerprint density at radius 1 is 1.06 bits per heavy atom. The fourth-order valence-electron chi connectivity index (χ4n) is 5.43. The van der Waals surface area contributed by atoms with Crippen LogP contribution in [0.15, 0.2) is 60.8 Å². The molecule has 0 radical (unpaired) electrons. The van der Waals surface area contributed by atoms with E-state index in [2.05, 4.69) is 4.98 Å². The molecule has 3 aromatic rings. The van der Waals surface area contributed by atoms with Gasteiger partial charge in [-0.2, -0.15) is 27.0 Å². The van der Waals surface area contributed by atoms with Gasteiger partial charge in [0.2, 0.25) is 5.91 Å². The highest BCUT2D eigenvalue weighted by molar-refractivity contribution is 7.59. The van der Waals surface area contributed by atoms with Gasteiger partial charge in [-0.3, -0.25) is 9.78 Å². The molecule has 1 aliphatic carbocycles. The SMILES string of the molecule is C[C@@H](C(=O)N1C(=O)OC[C@H]1c1ccccc1)C1CCC(c2ccnc3ccc(F)cc23)CC1.S.S. The Bertz CT molecular complexity index is 1190. The van der Waals surface area contributed by atoms with Crippen molar-refractivity contribution >= 4 is 49.9 Å². The van der Waals surface area contributed by atoms with E-state index in [1.807, 2.05) is 43.3 Å². The second kappa shape index (κ2) is 11.4. The van der Waals surface area contributed by atoms with Crippen LogP contribution in [0.5, 0.6) is 0 Å². The molecule has 2 atom stereocenters. The van der Waals surface area contributed by atoms with Gasteiger partial charge in [-0.25, -0.2) is 14.1 Å². The molecule has 1 aromatic heterocycles. The number of nitrogens with zero attached hydrogens (tertiary/aromatic N) is 2. The number of cyclic esters (lactones) is 1. The Hall–Kier alpha value is -2.58. The number of benzene rings is 2. The number of amides is 2. The molecule has 2 aliphatic rings. The van der Waals surface area contributed by atoms with Crippen LogP contribution in [0, 0.1) is 17.7 Å². The Labute approximate surface area is 219 Å². The zero-order valence-electron chi connectivity index (χ0n) is 19.6. The van der Waals surface area contributed by atoms with Crippen molar-refractivity contribution in [2.24, 2.45) is 11.8 Å². The first-order valence-corrected chi connectivity index (χ1v) is 11.6. The molecule has 2 heterocycles. The van der Waals surface area contributed by atoms with Gasteiger partial charge in [-0.15, -0.1) is 0 Å². The number of aromatic nitrogens is 1. The Morgan fingerprint density at radius 3 is 2.49 bits per heavy atom. The molecule has 8 heteroatoms. The van der Waals surface area contributed by atoms with Crippen molar-refractivity contribution in [3.05, 3.63) is 77.7 Å². The molecular weight excluding hydrogens is 483 g/mol. The third-order valence-electron chi connectivity index (χ3n) is 7.34. The van der Waals surface area contributed by atoms with Crippen LogP contribution < -0.4 is 0 Å². The summed E-state index contributed by atoms with van der Waals surface area (Å²) in [5, 5.41) is 0.871. The summed E-state index contributed by atoms with van der Waals surface area (Å²) in [5.74, 6) is -0.177. The number of pyridine rings is 1. The zero-order chi connectivity index (χ0) is 22.9. The first-order valence-electron chi connectivity index (χ1n) is 11.6. The van der Waals surface area contributed by atoms with E-state index in [0.29, 0.717) is 5.92 Å². The number of carbonyl (C=O) groups is 2. The largest absolute Gasteiger partial charge is 0.446 e. The molecule has 5 rings (SSSR count). The summed E-state index contributed by atoms with van der Waals surface area (Å²) in [6, 6.07) is 15.9. The highest BCUT2D eigenvalue weighted by atomic mass is 32.1. The van der Waals surface area contributed by atoms with E-state index in [0.717, 1.165) is 47.7 Å². The third-order valence-corrected chi connectivity index (χ3v) is 7.34. The Balaban J connectivity index is 0.00000171. The maximum Gasteiger partial charge on any atom is 0.417 e. The lowest BCUT2D eigenvalue weighted by Gasteiger charge is -2.34. The first kappa shape index (κ1) is 27.0. The monoisotopic (exact) mass is 514 g/mol. The number of hydrogen-bond acceptors (Lipinski definition) is 4. The minimum atomic E-state index is -0.556. The number of hydrogen-bond donors (Lipinski definition) is 0. The summed E-state index contributed by atoms with van der Waals surface area (Å²) >= 11 is 0. The van der Waals surface area contributed by atoms with E-state index in [1.54, 1.807) is 18.3 Å². The molecule has 0 N–H and O–H groups in total. The number of fused-ring (bicyclic) bond motifs is 1. The molecule has 1 saturated carbocycles. The lowest BCUT2D eigenvalue weighted by Crippen LogP contribution is -2.40. The van der Waals surface area contributed by atoms with Gasteiger partial charge in [-0.1, -0.05) is 37.3 Å². The standard InChI is InChI=1S/C27H27FN2O3.2H2S/c1-17(26(31)30-25(16-33-27(30)32)20-5-3-2-4-6-20)18-7-9-19(10-8-18)22-13-14-29-24-12-11-21(28)15-23(22)24;;/h2-6,11-15,17-19,25H,7-10,16H2,1H3;2*1H2/t17-,18?,19?,25+;;/m1../s1. The van der Waals surface area contributed by atoms with E-state index >= 15 is 0 Å². The quantitative estimate of drug-likeness (QED) is 0.414. The summed E-state index contributed by atoms with van der Waals surface area (Å²) < 4.78 is 19.1. The normalized spacial score (nSPS) is 22.6. The lowest BCUT2D eigenvalue weighted by atomic mass is 9.73. The van der Waals surface area contributed by atoms with Crippen molar-refractivity contribution in [1.29, 1.82) is 0 Å². The van der Waals surface area contributed by atoms with E-state index in [9.17, 15) is 14.0 Å².